The third kappa shape index (κ3) is 12.4. The van der Waals surface area contributed by atoms with Crippen LogP contribution in [0.15, 0.2) is 97.1 Å². The zero-order valence-corrected chi connectivity index (χ0v) is 36.0. The predicted molar refractivity (Wildman–Crippen MR) is 217 cm³/mol. The maximum atomic E-state index is 13.0. The molecule has 0 saturated carbocycles. The summed E-state index contributed by atoms with van der Waals surface area (Å²) in [4.78, 5) is 48.9. The summed E-state index contributed by atoms with van der Waals surface area (Å²) in [5.74, 6) is 1.67. The van der Waals surface area contributed by atoms with Crippen molar-refractivity contribution in [1.29, 1.82) is 0 Å². The SMILES string of the molecule is CC[N+](CC)(CC)CCOC(=O)C1c2ccccc2Oc2ccccc21.CC[N+](CC)(CC)CCOC(=O)C1c2ccccc2Oc2ccccc21.O=P([O-])(O)O.[Cl-]. The fourth-order valence-electron chi connectivity index (χ4n) is 7.46. The summed E-state index contributed by atoms with van der Waals surface area (Å²) < 4.78 is 34.1. The molecular weight excluding hydrogens is 783 g/mol. The molecule has 0 radical (unpaired) electrons. The van der Waals surface area contributed by atoms with Gasteiger partial charge in [-0.2, -0.15) is 0 Å². The molecule has 0 fully saturated rings. The van der Waals surface area contributed by atoms with E-state index in [-0.39, 0.29) is 24.3 Å². The molecule has 4 aromatic rings. The molecule has 4 aromatic carbocycles. The first-order chi connectivity index (χ1) is 27.3. The number of benzene rings is 4. The Morgan fingerprint density at radius 1 is 0.552 bits per heavy atom. The molecule has 58 heavy (non-hydrogen) atoms. The van der Waals surface area contributed by atoms with Crippen LogP contribution >= 0.6 is 7.82 Å². The number of hydrogen-bond donors (Lipinski definition) is 2. The monoisotopic (exact) mass is 840 g/mol. The Morgan fingerprint density at radius 2 is 0.776 bits per heavy atom. The normalized spacial score (nSPS) is 13.1. The van der Waals surface area contributed by atoms with Gasteiger partial charge in [0.1, 0.15) is 61.1 Å². The van der Waals surface area contributed by atoms with Gasteiger partial charge in [0.15, 0.2) is 0 Å². The summed E-state index contributed by atoms with van der Waals surface area (Å²) in [6.45, 7) is 22.0. The van der Waals surface area contributed by atoms with Gasteiger partial charge < -0.3 is 55.0 Å². The number of phosphoric acid groups is 1. The second kappa shape index (κ2) is 22.2. The van der Waals surface area contributed by atoms with Crippen LogP contribution in [-0.4, -0.2) is 96.3 Å². The highest BCUT2D eigenvalue weighted by Crippen LogP contribution is 2.45. The standard InChI is InChI=1S/2C22H28NO3.ClH.H3O4P/c2*1-4-23(5-2,6-3)15-16-25-22(24)21-17-11-7-9-13-19(17)26-20-14-10-8-12-18(20)21;;1-5(2,3)4/h2*7-14,21H,4-6,15-16H2,1-3H3;1H;(H3,1,2,3,4)/q2*+1;;/p-2. The van der Waals surface area contributed by atoms with Gasteiger partial charge >= 0.3 is 11.9 Å². The maximum absolute atomic E-state index is 13.0. The van der Waals surface area contributed by atoms with Crippen LogP contribution in [-0.2, 0) is 23.6 Å². The largest absolute Gasteiger partial charge is 1.00 e. The van der Waals surface area contributed by atoms with Crippen molar-refractivity contribution in [2.75, 3.05) is 65.6 Å². The number of halogens is 1. The Kier molecular flexibility index (Phi) is 18.4. The molecule has 316 valence electrons. The van der Waals surface area contributed by atoms with E-state index in [0.717, 1.165) is 107 Å². The summed E-state index contributed by atoms with van der Waals surface area (Å²) in [6, 6.07) is 30.8. The molecule has 0 spiro atoms. The highest BCUT2D eigenvalue weighted by atomic mass is 35.5. The third-order valence-corrected chi connectivity index (χ3v) is 11.5. The maximum Gasteiger partial charge on any atom is 0.318 e. The Balaban J connectivity index is 0.000000274. The number of rotatable bonds is 14. The van der Waals surface area contributed by atoms with Crippen LogP contribution in [0.2, 0.25) is 0 Å². The number of quaternary nitrogens is 2. The minimum absolute atomic E-state index is 0. The topological polar surface area (TPSA) is 152 Å². The first-order valence-electron chi connectivity index (χ1n) is 19.8. The van der Waals surface area contributed by atoms with Crippen LogP contribution in [0.3, 0.4) is 0 Å². The molecule has 0 amide bonds. The molecule has 2 aliphatic rings. The quantitative estimate of drug-likeness (QED) is 0.108. The molecule has 12 nitrogen and oxygen atoms in total. The lowest BCUT2D eigenvalue weighted by Crippen LogP contribution is -3.00. The molecule has 0 unspecified atom stereocenters. The highest BCUT2D eigenvalue weighted by molar-refractivity contribution is 7.43. The molecule has 14 heteroatoms. The first kappa shape index (κ1) is 48.1. The zero-order chi connectivity index (χ0) is 41.6. The number of nitrogens with zero attached hydrogens (tertiary/aromatic N) is 2. The lowest BCUT2D eigenvalue weighted by atomic mass is 9.88. The molecule has 0 atom stereocenters. The van der Waals surface area contributed by atoms with E-state index in [1.165, 1.54) is 0 Å². The number of esters is 2. The molecule has 6 rings (SSSR count). The lowest BCUT2D eigenvalue weighted by Gasteiger charge is -2.35. The minimum Gasteiger partial charge on any atom is -1.00 e. The molecule has 0 saturated heterocycles. The van der Waals surface area contributed by atoms with Gasteiger partial charge in [-0.1, -0.05) is 72.8 Å². The second-order valence-electron chi connectivity index (χ2n) is 14.1. The van der Waals surface area contributed by atoms with Crippen LogP contribution in [0.5, 0.6) is 23.0 Å². The van der Waals surface area contributed by atoms with E-state index in [2.05, 4.69) is 41.5 Å². The van der Waals surface area contributed by atoms with Crippen molar-refractivity contribution < 1.29 is 69.2 Å². The number of hydrogen-bond acceptors (Lipinski definition) is 8. The van der Waals surface area contributed by atoms with Crippen LogP contribution < -0.4 is 26.8 Å². The number of para-hydroxylation sites is 4. The summed E-state index contributed by atoms with van der Waals surface area (Å²) in [5.41, 5.74) is 3.49. The average molecular weight is 841 g/mol. The van der Waals surface area contributed by atoms with E-state index in [1.54, 1.807) is 0 Å². The number of likely N-dealkylation sites (N-methyl/N-ethyl adjacent to an activating group) is 2. The number of carbonyl (C=O) groups excluding carboxylic acids is 2. The van der Waals surface area contributed by atoms with Gasteiger partial charge in [0, 0.05) is 22.3 Å². The fourth-order valence-corrected chi connectivity index (χ4v) is 7.46. The van der Waals surface area contributed by atoms with Crippen molar-refractivity contribution >= 4 is 19.8 Å². The first-order valence-corrected chi connectivity index (χ1v) is 21.3. The van der Waals surface area contributed by atoms with E-state index >= 15 is 0 Å². The van der Waals surface area contributed by atoms with Gasteiger partial charge in [-0.3, -0.25) is 14.2 Å². The van der Waals surface area contributed by atoms with Gasteiger partial charge in [0.25, 0.3) is 7.82 Å². The van der Waals surface area contributed by atoms with Gasteiger partial charge in [0.2, 0.25) is 0 Å². The van der Waals surface area contributed by atoms with Gasteiger partial charge in [-0.05, 0) is 65.8 Å². The fraction of sp³-hybridized carbons (Fsp3) is 0.409. The van der Waals surface area contributed by atoms with Crippen molar-refractivity contribution in [1.82, 2.24) is 0 Å². The van der Waals surface area contributed by atoms with Crippen LogP contribution in [0, 0.1) is 0 Å². The molecule has 0 bridgehead atoms. The zero-order valence-electron chi connectivity index (χ0n) is 34.3. The molecular formula is C44H58ClN2O10P. The summed E-state index contributed by atoms with van der Waals surface area (Å²) in [5, 5.41) is 0. The number of ether oxygens (including phenoxy) is 4. The molecule has 2 heterocycles. The number of fused-ring (bicyclic) bond motifs is 4. The van der Waals surface area contributed by atoms with E-state index < -0.39 is 19.7 Å². The molecule has 2 aliphatic heterocycles. The van der Waals surface area contributed by atoms with E-state index in [9.17, 15) is 9.59 Å². The lowest BCUT2D eigenvalue weighted by molar-refractivity contribution is -0.923. The Labute approximate surface area is 349 Å². The summed E-state index contributed by atoms with van der Waals surface area (Å²) >= 11 is 0. The highest BCUT2D eigenvalue weighted by Gasteiger charge is 2.35. The molecule has 2 N–H and O–H groups in total. The van der Waals surface area contributed by atoms with Crippen LogP contribution in [0.1, 0.15) is 75.6 Å². The third-order valence-electron chi connectivity index (χ3n) is 11.5. The van der Waals surface area contributed by atoms with Crippen LogP contribution in [0.4, 0.5) is 0 Å². The summed E-state index contributed by atoms with van der Waals surface area (Å²) in [6.07, 6.45) is 0. The van der Waals surface area contributed by atoms with Crippen molar-refractivity contribution in [2.24, 2.45) is 0 Å². The molecule has 0 aromatic heterocycles. The average Bonchev–Trinajstić information content (AvgIpc) is 3.22. The van der Waals surface area contributed by atoms with E-state index in [1.807, 2.05) is 97.1 Å². The van der Waals surface area contributed by atoms with E-state index in [4.69, 9.17) is 38.2 Å². The van der Waals surface area contributed by atoms with Gasteiger partial charge in [-0.25, -0.2) is 0 Å². The molecule has 0 aliphatic carbocycles. The van der Waals surface area contributed by atoms with Gasteiger partial charge in [0.05, 0.1) is 39.3 Å². The Morgan fingerprint density at radius 3 is 1.00 bits per heavy atom. The van der Waals surface area contributed by atoms with Crippen molar-refractivity contribution in [3.05, 3.63) is 119 Å². The predicted octanol–water partition coefficient (Wildman–Crippen LogP) is 4.13. The smallest absolute Gasteiger partial charge is 0.318 e. The van der Waals surface area contributed by atoms with Crippen molar-refractivity contribution in [3.8, 4) is 23.0 Å². The summed E-state index contributed by atoms with van der Waals surface area (Å²) in [7, 11) is -4.89. The minimum atomic E-state index is -4.89. The number of carbonyl (C=O) groups is 2. The van der Waals surface area contributed by atoms with E-state index in [0.29, 0.717) is 13.2 Å². The van der Waals surface area contributed by atoms with Crippen molar-refractivity contribution in [3.63, 3.8) is 0 Å². The van der Waals surface area contributed by atoms with Crippen LogP contribution in [0.25, 0.3) is 0 Å². The second-order valence-corrected chi connectivity index (χ2v) is 15.1. The Hall–Kier alpha value is -4.26. The van der Waals surface area contributed by atoms with Gasteiger partial charge in [-0.15, -0.1) is 0 Å². The van der Waals surface area contributed by atoms with Crippen molar-refractivity contribution in [2.45, 2.75) is 53.4 Å². The Bertz CT molecular complexity index is 1730.